The largest absolute Gasteiger partial charge is 0.310 e. The van der Waals surface area contributed by atoms with Crippen LogP contribution in [0.2, 0.25) is 0 Å². The summed E-state index contributed by atoms with van der Waals surface area (Å²) in [5.74, 6) is 0. The maximum atomic E-state index is 2.32. The smallest absolute Gasteiger partial charge is 0.0468 e. The summed E-state index contributed by atoms with van der Waals surface area (Å²) < 4.78 is 0. The number of para-hydroxylation sites is 2. The van der Waals surface area contributed by atoms with Crippen molar-refractivity contribution in [2.24, 2.45) is 0 Å². The second-order valence-corrected chi connectivity index (χ2v) is 13.1. The highest BCUT2D eigenvalue weighted by molar-refractivity contribution is 5.91. The lowest BCUT2D eigenvalue weighted by Crippen LogP contribution is -2.09. The molecule has 0 radical (unpaired) electrons. The molecule has 0 aliphatic carbocycles. The lowest BCUT2D eigenvalue weighted by Gasteiger charge is -2.26. The van der Waals surface area contributed by atoms with Crippen molar-refractivity contribution >= 4 is 55.7 Å². The molecule has 0 heterocycles. The van der Waals surface area contributed by atoms with Crippen molar-refractivity contribution in [3.05, 3.63) is 218 Å². The van der Waals surface area contributed by atoms with Crippen molar-refractivity contribution in [1.82, 2.24) is 0 Å². The molecule has 0 unspecified atom stereocenters. The standard InChI is InChI=1S/C50H36N2/c1-3-15-45(16-4-1)51(49-33-27-37-11-7-9-13-43(37)35-49)47-29-23-41(24-30-47)39-19-21-40(22-20-39)42-25-31-48(32-26-42)52(46-17-5-2-6-18-46)50-34-28-38-12-8-10-14-44(38)36-50/h1-36H. The van der Waals surface area contributed by atoms with E-state index >= 15 is 0 Å². The monoisotopic (exact) mass is 664 g/mol. The van der Waals surface area contributed by atoms with Crippen molar-refractivity contribution in [3.8, 4) is 22.3 Å². The Bertz CT molecular complexity index is 2410. The van der Waals surface area contributed by atoms with Gasteiger partial charge in [-0.1, -0.05) is 146 Å². The number of fused-ring (bicyclic) bond motifs is 2. The molecule has 0 amide bonds. The predicted octanol–water partition coefficient (Wildman–Crippen LogP) is 14.3. The summed E-state index contributed by atoms with van der Waals surface area (Å²) in [6, 6.07) is 78.2. The molecule has 0 N–H and O–H groups in total. The van der Waals surface area contributed by atoms with Gasteiger partial charge in [-0.3, -0.25) is 0 Å². The van der Waals surface area contributed by atoms with Gasteiger partial charge in [-0.05, 0) is 117 Å². The molecule has 0 atom stereocenters. The topological polar surface area (TPSA) is 6.48 Å². The van der Waals surface area contributed by atoms with Gasteiger partial charge in [-0.25, -0.2) is 0 Å². The van der Waals surface area contributed by atoms with Crippen LogP contribution < -0.4 is 9.80 Å². The first-order chi connectivity index (χ1) is 25.8. The lowest BCUT2D eigenvalue weighted by atomic mass is 9.99. The van der Waals surface area contributed by atoms with Crippen LogP contribution in [0.4, 0.5) is 34.1 Å². The molecule has 9 aromatic rings. The minimum Gasteiger partial charge on any atom is -0.310 e. The van der Waals surface area contributed by atoms with Crippen LogP contribution >= 0.6 is 0 Å². The van der Waals surface area contributed by atoms with Gasteiger partial charge in [0.2, 0.25) is 0 Å². The van der Waals surface area contributed by atoms with E-state index in [-0.39, 0.29) is 0 Å². The highest BCUT2D eigenvalue weighted by Crippen LogP contribution is 2.39. The fourth-order valence-electron chi connectivity index (χ4n) is 7.14. The lowest BCUT2D eigenvalue weighted by molar-refractivity contribution is 1.29. The number of rotatable bonds is 8. The van der Waals surface area contributed by atoms with Crippen molar-refractivity contribution < 1.29 is 0 Å². The highest BCUT2D eigenvalue weighted by atomic mass is 15.1. The molecule has 0 aromatic heterocycles. The molecule has 9 aromatic carbocycles. The fraction of sp³-hybridized carbons (Fsp3) is 0. The van der Waals surface area contributed by atoms with E-state index in [4.69, 9.17) is 0 Å². The van der Waals surface area contributed by atoms with Gasteiger partial charge in [0, 0.05) is 34.1 Å². The van der Waals surface area contributed by atoms with Gasteiger partial charge in [0.1, 0.15) is 0 Å². The number of nitrogens with zero attached hydrogens (tertiary/aromatic N) is 2. The first-order valence-electron chi connectivity index (χ1n) is 17.8. The zero-order valence-electron chi connectivity index (χ0n) is 28.7. The van der Waals surface area contributed by atoms with Gasteiger partial charge in [-0.2, -0.15) is 0 Å². The third kappa shape index (κ3) is 6.19. The Kier molecular flexibility index (Phi) is 8.24. The molecule has 0 aliphatic rings. The van der Waals surface area contributed by atoms with Crippen molar-refractivity contribution in [1.29, 1.82) is 0 Å². The van der Waals surface area contributed by atoms with Crippen molar-refractivity contribution in [3.63, 3.8) is 0 Å². The van der Waals surface area contributed by atoms with Crippen molar-refractivity contribution in [2.75, 3.05) is 9.80 Å². The zero-order valence-corrected chi connectivity index (χ0v) is 28.7. The van der Waals surface area contributed by atoms with Gasteiger partial charge in [0.25, 0.3) is 0 Å². The van der Waals surface area contributed by atoms with Crippen LogP contribution in [0.1, 0.15) is 0 Å². The van der Waals surface area contributed by atoms with Crippen molar-refractivity contribution in [2.45, 2.75) is 0 Å². The van der Waals surface area contributed by atoms with Gasteiger partial charge < -0.3 is 9.80 Å². The zero-order chi connectivity index (χ0) is 34.7. The molecular weight excluding hydrogens is 629 g/mol. The van der Waals surface area contributed by atoms with E-state index in [1.165, 1.54) is 43.8 Å². The number of benzene rings is 9. The van der Waals surface area contributed by atoms with E-state index in [0.29, 0.717) is 0 Å². The van der Waals surface area contributed by atoms with Crippen LogP contribution in [0.25, 0.3) is 43.8 Å². The Morgan fingerprint density at radius 2 is 0.462 bits per heavy atom. The Balaban J connectivity index is 0.979. The highest BCUT2D eigenvalue weighted by Gasteiger charge is 2.15. The fourth-order valence-corrected chi connectivity index (χ4v) is 7.14. The molecule has 0 saturated carbocycles. The number of anilines is 6. The average Bonchev–Trinajstić information content (AvgIpc) is 3.22. The Labute approximate surface area is 305 Å². The van der Waals surface area contributed by atoms with E-state index in [1.54, 1.807) is 0 Å². The normalized spacial score (nSPS) is 11.1. The molecule has 2 heteroatoms. The average molecular weight is 665 g/mol. The van der Waals surface area contributed by atoms with E-state index in [9.17, 15) is 0 Å². The second-order valence-electron chi connectivity index (χ2n) is 13.1. The number of hydrogen-bond acceptors (Lipinski definition) is 2. The maximum Gasteiger partial charge on any atom is 0.0468 e. The molecule has 0 spiro atoms. The molecule has 2 nitrogen and oxygen atoms in total. The van der Waals surface area contributed by atoms with Crippen LogP contribution in [0.15, 0.2) is 218 Å². The van der Waals surface area contributed by atoms with Crippen LogP contribution in [-0.4, -0.2) is 0 Å². The first kappa shape index (κ1) is 31.1. The molecule has 0 bridgehead atoms. The van der Waals surface area contributed by atoms with Crippen LogP contribution in [-0.2, 0) is 0 Å². The van der Waals surface area contributed by atoms with Gasteiger partial charge in [-0.15, -0.1) is 0 Å². The summed E-state index contributed by atoms with van der Waals surface area (Å²) in [4.78, 5) is 4.64. The van der Waals surface area contributed by atoms with Crippen LogP contribution in [0.3, 0.4) is 0 Å². The molecule has 9 rings (SSSR count). The summed E-state index contributed by atoms with van der Waals surface area (Å²) in [5, 5.41) is 4.93. The summed E-state index contributed by atoms with van der Waals surface area (Å²) in [6.45, 7) is 0. The van der Waals surface area contributed by atoms with E-state index in [0.717, 1.165) is 34.1 Å². The Morgan fingerprint density at radius 3 is 0.827 bits per heavy atom. The molecule has 52 heavy (non-hydrogen) atoms. The SMILES string of the molecule is c1ccc(N(c2ccc(-c3ccc(-c4ccc(N(c5ccccc5)c5ccc6ccccc6c5)cc4)cc3)cc2)c2ccc3ccccc3c2)cc1. The minimum atomic E-state index is 1.12. The maximum absolute atomic E-state index is 2.32. The van der Waals surface area contributed by atoms with E-state index < -0.39 is 0 Å². The van der Waals surface area contributed by atoms with Gasteiger partial charge in [0.15, 0.2) is 0 Å². The third-order valence-electron chi connectivity index (χ3n) is 9.81. The predicted molar refractivity (Wildman–Crippen MR) is 222 cm³/mol. The molecule has 0 aliphatic heterocycles. The summed E-state index contributed by atoms with van der Waals surface area (Å²) >= 11 is 0. The molecule has 0 saturated heterocycles. The minimum absolute atomic E-state index is 1.12. The Morgan fingerprint density at radius 1 is 0.192 bits per heavy atom. The number of hydrogen-bond donors (Lipinski definition) is 0. The summed E-state index contributed by atoms with van der Waals surface area (Å²) in [5.41, 5.74) is 11.5. The van der Waals surface area contributed by atoms with Gasteiger partial charge in [0.05, 0.1) is 0 Å². The Hall–Kier alpha value is -6.90. The molecule has 0 fully saturated rings. The summed E-state index contributed by atoms with van der Waals surface area (Å²) in [7, 11) is 0. The van der Waals surface area contributed by atoms with Crippen LogP contribution in [0, 0.1) is 0 Å². The molecule has 246 valence electrons. The molecular formula is C50H36N2. The van der Waals surface area contributed by atoms with Gasteiger partial charge >= 0.3 is 0 Å². The van der Waals surface area contributed by atoms with E-state index in [1.807, 2.05) is 0 Å². The summed E-state index contributed by atoms with van der Waals surface area (Å²) in [6.07, 6.45) is 0. The second kappa shape index (κ2) is 13.8. The van der Waals surface area contributed by atoms with E-state index in [2.05, 4.69) is 228 Å². The third-order valence-corrected chi connectivity index (χ3v) is 9.81. The quantitative estimate of drug-likeness (QED) is 0.159. The first-order valence-corrected chi connectivity index (χ1v) is 17.8. The van der Waals surface area contributed by atoms with Crippen LogP contribution in [0.5, 0.6) is 0 Å².